The maximum atomic E-state index is 12.7. The zero-order valence-electron chi connectivity index (χ0n) is 15.7. The Morgan fingerprint density at radius 3 is 2.80 bits per heavy atom. The molecule has 0 bridgehead atoms. The van der Waals surface area contributed by atoms with E-state index >= 15 is 0 Å². The third-order valence-corrected chi connectivity index (χ3v) is 5.31. The minimum atomic E-state index is 0.0522. The molecule has 2 unspecified atom stereocenters. The predicted octanol–water partition coefficient (Wildman–Crippen LogP) is 1.84. The van der Waals surface area contributed by atoms with Crippen molar-refractivity contribution in [3.8, 4) is 0 Å². The van der Waals surface area contributed by atoms with Gasteiger partial charge in [0.2, 0.25) is 0 Å². The van der Waals surface area contributed by atoms with Crippen LogP contribution in [0, 0.1) is 19.8 Å². The number of carbonyl (C=O) groups is 1. The van der Waals surface area contributed by atoms with Gasteiger partial charge in [-0.2, -0.15) is 5.10 Å². The maximum absolute atomic E-state index is 12.7. The van der Waals surface area contributed by atoms with E-state index in [4.69, 9.17) is 4.74 Å². The van der Waals surface area contributed by atoms with Gasteiger partial charge in [0.05, 0.1) is 24.9 Å². The number of H-pyrrole nitrogens is 1. The molecule has 25 heavy (non-hydrogen) atoms. The molecule has 0 spiro atoms. The van der Waals surface area contributed by atoms with Gasteiger partial charge in [-0.15, -0.1) is 0 Å². The first-order chi connectivity index (χ1) is 12.1. The smallest absolute Gasteiger partial charge is 0.317 e. The van der Waals surface area contributed by atoms with Crippen LogP contribution in [0.5, 0.6) is 0 Å². The number of carbonyl (C=O) groups excluding carboxylic acids is 1. The molecule has 1 aromatic rings. The zero-order chi connectivity index (χ0) is 17.8. The number of likely N-dealkylation sites (tertiary alicyclic amines) is 1. The SMILES string of the molecule is Cc1n[nH]c(C)c1C1CCCN1C(=O)NCC(C)CN1CCOCC1. The van der Waals surface area contributed by atoms with Gasteiger partial charge < -0.3 is 15.0 Å². The van der Waals surface area contributed by atoms with Crippen molar-refractivity contribution >= 4 is 6.03 Å². The van der Waals surface area contributed by atoms with Crippen LogP contribution in [0.25, 0.3) is 0 Å². The molecular formula is C18H31N5O2. The predicted molar refractivity (Wildman–Crippen MR) is 96.6 cm³/mol. The highest BCUT2D eigenvalue weighted by atomic mass is 16.5. The molecule has 3 heterocycles. The number of hydrogen-bond donors (Lipinski definition) is 2. The summed E-state index contributed by atoms with van der Waals surface area (Å²) >= 11 is 0. The molecule has 7 heteroatoms. The second kappa shape index (κ2) is 8.19. The molecule has 2 fully saturated rings. The number of urea groups is 1. The number of rotatable bonds is 5. The summed E-state index contributed by atoms with van der Waals surface area (Å²) < 4.78 is 5.39. The molecular weight excluding hydrogens is 318 g/mol. The van der Waals surface area contributed by atoms with Gasteiger partial charge in [-0.1, -0.05) is 6.92 Å². The number of ether oxygens (including phenoxy) is 1. The number of aryl methyl sites for hydroxylation is 2. The van der Waals surface area contributed by atoms with Crippen molar-refractivity contribution in [3.05, 3.63) is 17.0 Å². The highest BCUT2D eigenvalue weighted by Gasteiger charge is 2.33. The Balaban J connectivity index is 1.51. The van der Waals surface area contributed by atoms with Crippen LogP contribution in [0.4, 0.5) is 4.79 Å². The number of nitrogens with one attached hydrogen (secondary N) is 2. The lowest BCUT2D eigenvalue weighted by Crippen LogP contribution is -2.44. The minimum Gasteiger partial charge on any atom is -0.379 e. The van der Waals surface area contributed by atoms with Gasteiger partial charge in [-0.3, -0.25) is 10.00 Å². The molecule has 7 nitrogen and oxygen atoms in total. The molecule has 2 aliphatic rings. The van der Waals surface area contributed by atoms with E-state index in [1.54, 1.807) is 0 Å². The number of hydrogen-bond acceptors (Lipinski definition) is 4. The van der Waals surface area contributed by atoms with Crippen LogP contribution in [0.15, 0.2) is 0 Å². The number of aromatic nitrogens is 2. The highest BCUT2D eigenvalue weighted by Crippen LogP contribution is 2.34. The van der Waals surface area contributed by atoms with E-state index in [0.717, 1.165) is 63.6 Å². The number of aromatic amines is 1. The second-order valence-electron chi connectivity index (χ2n) is 7.40. The highest BCUT2D eigenvalue weighted by molar-refractivity contribution is 5.75. The van der Waals surface area contributed by atoms with Crippen LogP contribution in [0.3, 0.4) is 0 Å². The van der Waals surface area contributed by atoms with E-state index in [0.29, 0.717) is 12.5 Å². The average molecular weight is 349 g/mol. The van der Waals surface area contributed by atoms with Crippen molar-refractivity contribution in [2.45, 2.75) is 39.7 Å². The van der Waals surface area contributed by atoms with Crippen LogP contribution in [0.1, 0.15) is 42.8 Å². The summed E-state index contributed by atoms with van der Waals surface area (Å²) in [6.07, 6.45) is 2.06. The number of morpholine rings is 1. The van der Waals surface area contributed by atoms with E-state index in [1.165, 1.54) is 5.56 Å². The minimum absolute atomic E-state index is 0.0522. The van der Waals surface area contributed by atoms with E-state index in [2.05, 4.69) is 27.3 Å². The van der Waals surface area contributed by atoms with E-state index in [9.17, 15) is 4.79 Å². The first kappa shape index (κ1) is 18.2. The van der Waals surface area contributed by atoms with E-state index in [1.807, 2.05) is 18.7 Å². The summed E-state index contributed by atoms with van der Waals surface area (Å²) in [5, 5.41) is 10.5. The Kier molecular flexibility index (Phi) is 5.96. The molecule has 0 aliphatic carbocycles. The lowest BCUT2D eigenvalue weighted by Gasteiger charge is -2.30. The molecule has 2 atom stereocenters. The summed E-state index contributed by atoms with van der Waals surface area (Å²) in [6, 6.07) is 0.199. The van der Waals surface area contributed by atoms with Crippen LogP contribution in [-0.4, -0.2) is 72.0 Å². The first-order valence-electron chi connectivity index (χ1n) is 9.42. The topological polar surface area (TPSA) is 73.5 Å². The Morgan fingerprint density at radius 2 is 2.12 bits per heavy atom. The molecule has 1 aromatic heterocycles. The van der Waals surface area contributed by atoms with Gasteiger partial charge in [0, 0.05) is 44.0 Å². The molecule has 0 saturated carbocycles. The maximum Gasteiger partial charge on any atom is 0.317 e. The molecule has 3 rings (SSSR count). The molecule has 0 aromatic carbocycles. The van der Waals surface area contributed by atoms with Crippen molar-refractivity contribution < 1.29 is 9.53 Å². The standard InChI is InChI=1S/C18H31N5O2/c1-13(12-22-7-9-25-10-8-22)11-19-18(24)23-6-4-5-16(23)17-14(2)20-21-15(17)3/h13,16H,4-12H2,1-3H3,(H,19,24)(H,20,21). The van der Waals surface area contributed by atoms with Crippen molar-refractivity contribution in [3.63, 3.8) is 0 Å². The fraction of sp³-hybridized carbons (Fsp3) is 0.778. The van der Waals surface area contributed by atoms with Crippen molar-refractivity contribution in [2.24, 2.45) is 5.92 Å². The normalized spacial score (nSPS) is 23.0. The Morgan fingerprint density at radius 1 is 1.36 bits per heavy atom. The summed E-state index contributed by atoms with van der Waals surface area (Å²) in [7, 11) is 0. The third-order valence-electron chi connectivity index (χ3n) is 5.31. The summed E-state index contributed by atoms with van der Waals surface area (Å²) in [5.74, 6) is 0.431. The van der Waals surface area contributed by atoms with Crippen LogP contribution < -0.4 is 5.32 Å². The van der Waals surface area contributed by atoms with Gasteiger partial charge in [0.1, 0.15) is 0 Å². The Labute approximate surface area is 150 Å². The van der Waals surface area contributed by atoms with Gasteiger partial charge in [-0.25, -0.2) is 4.79 Å². The largest absolute Gasteiger partial charge is 0.379 e. The van der Waals surface area contributed by atoms with E-state index < -0.39 is 0 Å². The zero-order valence-corrected chi connectivity index (χ0v) is 15.7. The number of nitrogens with zero attached hydrogens (tertiary/aromatic N) is 3. The van der Waals surface area contributed by atoms with Crippen LogP contribution in [0.2, 0.25) is 0 Å². The Hall–Kier alpha value is -1.60. The summed E-state index contributed by atoms with van der Waals surface area (Å²) in [4.78, 5) is 17.1. The molecule has 140 valence electrons. The Bertz CT molecular complexity index is 563. The van der Waals surface area contributed by atoms with Crippen LogP contribution >= 0.6 is 0 Å². The van der Waals surface area contributed by atoms with Gasteiger partial charge >= 0.3 is 6.03 Å². The fourth-order valence-electron chi connectivity index (χ4n) is 4.01. The first-order valence-corrected chi connectivity index (χ1v) is 9.42. The molecule has 2 saturated heterocycles. The van der Waals surface area contributed by atoms with Crippen molar-refractivity contribution in [1.29, 1.82) is 0 Å². The lowest BCUT2D eigenvalue weighted by atomic mass is 10.0. The van der Waals surface area contributed by atoms with Crippen molar-refractivity contribution in [2.75, 3.05) is 45.9 Å². The van der Waals surface area contributed by atoms with Crippen LogP contribution in [-0.2, 0) is 4.74 Å². The summed E-state index contributed by atoms with van der Waals surface area (Å²) in [6.45, 7) is 12.4. The quantitative estimate of drug-likeness (QED) is 0.851. The summed E-state index contributed by atoms with van der Waals surface area (Å²) in [5.41, 5.74) is 3.26. The molecule has 2 N–H and O–H groups in total. The van der Waals surface area contributed by atoms with Gasteiger partial charge in [0.15, 0.2) is 0 Å². The molecule has 2 amide bonds. The molecule has 0 radical (unpaired) electrons. The lowest BCUT2D eigenvalue weighted by molar-refractivity contribution is 0.0318. The average Bonchev–Trinajstić information content (AvgIpc) is 3.20. The third kappa shape index (κ3) is 4.33. The second-order valence-corrected chi connectivity index (χ2v) is 7.40. The molecule has 2 aliphatic heterocycles. The number of amides is 2. The van der Waals surface area contributed by atoms with E-state index in [-0.39, 0.29) is 12.1 Å². The van der Waals surface area contributed by atoms with Gasteiger partial charge in [-0.05, 0) is 32.6 Å². The van der Waals surface area contributed by atoms with Gasteiger partial charge in [0.25, 0.3) is 0 Å². The fourth-order valence-corrected chi connectivity index (χ4v) is 4.01. The van der Waals surface area contributed by atoms with Crippen molar-refractivity contribution in [1.82, 2.24) is 25.3 Å². The monoisotopic (exact) mass is 349 g/mol.